The van der Waals surface area contributed by atoms with Crippen molar-refractivity contribution in [3.8, 4) is 5.75 Å². The van der Waals surface area contributed by atoms with E-state index in [0.717, 1.165) is 17.7 Å². The predicted octanol–water partition coefficient (Wildman–Crippen LogP) is 1.73. The first-order valence-corrected chi connectivity index (χ1v) is 7.26. The molecule has 0 spiro atoms. The molecule has 1 aromatic rings. The maximum Gasteiger partial charge on any atom is 0.267 e. The molecule has 0 aliphatic carbocycles. The van der Waals surface area contributed by atoms with Crippen LogP contribution in [0.2, 0.25) is 0 Å². The maximum absolute atomic E-state index is 12.3. The van der Waals surface area contributed by atoms with Crippen molar-refractivity contribution in [3.05, 3.63) is 29.8 Å². The van der Waals surface area contributed by atoms with Crippen molar-refractivity contribution in [1.29, 1.82) is 0 Å². The number of hydrogen-bond acceptors (Lipinski definition) is 5. The predicted molar refractivity (Wildman–Crippen MR) is 83.1 cm³/mol. The van der Waals surface area contributed by atoms with Crippen molar-refractivity contribution in [2.24, 2.45) is 5.16 Å². The molecule has 1 aliphatic rings. The van der Waals surface area contributed by atoms with Gasteiger partial charge in [-0.2, -0.15) is 0 Å². The van der Waals surface area contributed by atoms with E-state index in [-0.39, 0.29) is 5.91 Å². The average Bonchev–Trinajstić information content (AvgIpc) is 2.95. The normalized spacial score (nSPS) is 20.2. The minimum Gasteiger partial charge on any atom is -0.496 e. The van der Waals surface area contributed by atoms with Gasteiger partial charge < -0.3 is 19.6 Å². The number of nitrogens with one attached hydrogen (secondary N) is 1. The molecule has 0 radical (unpaired) electrons. The topological polar surface area (TPSA) is 69.2 Å². The first-order valence-electron chi connectivity index (χ1n) is 7.26. The zero-order chi connectivity index (χ0) is 16.0. The SMILES string of the molecule is COCCCNC(=O)[C@]1(C)CC(c2ccccc2OC)=NO1. The Balaban J connectivity index is 1.99. The van der Waals surface area contributed by atoms with E-state index < -0.39 is 5.60 Å². The Labute approximate surface area is 130 Å². The monoisotopic (exact) mass is 306 g/mol. The Morgan fingerprint density at radius 3 is 2.91 bits per heavy atom. The number of rotatable bonds is 7. The summed E-state index contributed by atoms with van der Waals surface area (Å²) in [5, 5.41) is 6.94. The van der Waals surface area contributed by atoms with E-state index in [2.05, 4.69) is 10.5 Å². The van der Waals surface area contributed by atoms with E-state index in [9.17, 15) is 4.79 Å². The van der Waals surface area contributed by atoms with Gasteiger partial charge in [0.05, 0.1) is 12.8 Å². The first kappa shape index (κ1) is 16.3. The molecule has 1 aliphatic heterocycles. The van der Waals surface area contributed by atoms with Gasteiger partial charge in [0.1, 0.15) is 5.75 Å². The minimum atomic E-state index is -0.983. The minimum absolute atomic E-state index is 0.169. The molecule has 22 heavy (non-hydrogen) atoms. The van der Waals surface area contributed by atoms with Gasteiger partial charge in [-0.15, -0.1) is 0 Å². The Hall–Kier alpha value is -2.08. The standard InChI is InChI=1S/C16H22N2O4/c1-16(15(19)17-9-6-10-20-2)11-13(18-22-16)12-7-4-5-8-14(12)21-3/h4-5,7-8H,6,9-11H2,1-3H3,(H,17,19)/t16-/m0/s1. The van der Waals surface area contributed by atoms with Crippen LogP contribution >= 0.6 is 0 Å². The molecule has 1 amide bonds. The first-order chi connectivity index (χ1) is 10.6. The highest BCUT2D eigenvalue weighted by molar-refractivity contribution is 6.07. The lowest BCUT2D eigenvalue weighted by Crippen LogP contribution is -2.45. The molecular weight excluding hydrogens is 284 g/mol. The molecule has 1 N–H and O–H groups in total. The fourth-order valence-electron chi connectivity index (χ4n) is 2.29. The number of ether oxygens (including phenoxy) is 2. The molecular formula is C16H22N2O4. The van der Waals surface area contributed by atoms with E-state index in [1.54, 1.807) is 21.1 Å². The van der Waals surface area contributed by atoms with Crippen LogP contribution in [0.15, 0.2) is 29.4 Å². The molecule has 0 bridgehead atoms. The molecule has 0 saturated heterocycles. The fraction of sp³-hybridized carbons (Fsp3) is 0.500. The molecule has 120 valence electrons. The summed E-state index contributed by atoms with van der Waals surface area (Å²) < 4.78 is 10.3. The number of hydrogen-bond donors (Lipinski definition) is 1. The van der Waals surface area contributed by atoms with Crippen molar-refractivity contribution < 1.29 is 19.1 Å². The summed E-state index contributed by atoms with van der Waals surface area (Å²) in [7, 11) is 3.24. The number of carbonyl (C=O) groups excluding carboxylic acids is 1. The van der Waals surface area contributed by atoms with Crippen LogP contribution in [-0.4, -0.2) is 44.6 Å². The van der Waals surface area contributed by atoms with Crippen LogP contribution in [0.3, 0.4) is 0 Å². The van der Waals surface area contributed by atoms with Crippen LogP contribution in [0.5, 0.6) is 5.75 Å². The van der Waals surface area contributed by atoms with Gasteiger partial charge in [-0.05, 0) is 25.5 Å². The molecule has 6 nitrogen and oxygen atoms in total. The molecule has 2 rings (SSSR count). The Morgan fingerprint density at radius 2 is 2.18 bits per heavy atom. The van der Waals surface area contributed by atoms with Gasteiger partial charge in [0.2, 0.25) is 5.60 Å². The Kier molecular flexibility index (Phi) is 5.38. The Bertz CT molecular complexity index is 559. The summed E-state index contributed by atoms with van der Waals surface area (Å²) in [4.78, 5) is 17.7. The number of benzene rings is 1. The summed E-state index contributed by atoms with van der Waals surface area (Å²) in [6.07, 6.45) is 1.17. The fourth-order valence-corrected chi connectivity index (χ4v) is 2.29. The van der Waals surface area contributed by atoms with Crippen LogP contribution in [0.4, 0.5) is 0 Å². The van der Waals surface area contributed by atoms with Gasteiger partial charge in [-0.1, -0.05) is 17.3 Å². The largest absolute Gasteiger partial charge is 0.496 e. The molecule has 6 heteroatoms. The second-order valence-corrected chi connectivity index (χ2v) is 5.34. The molecule has 1 aromatic carbocycles. The van der Waals surface area contributed by atoms with Crippen molar-refractivity contribution in [2.75, 3.05) is 27.4 Å². The molecule has 1 heterocycles. The van der Waals surface area contributed by atoms with E-state index in [1.165, 1.54) is 0 Å². The number of oxime groups is 1. The Morgan fingerprint density at radius 1 is 1.41 bits per heavy atom. The summed E-state index contributed by atoms with van der Waals surface area (Å²) in [6.45, 7) is 2.90. The van der Waals surface area contributed by atoms with E-state index in [1.807, 2.05) is 24.3 Å². The zero-order valence-corrected chi connectivity index (χ0v) is 13.2. The van der Waals surface area contributed by atoms with Crippen molar-refractivity contribution in [1.82, 2.24) is 5.32 Å². The van der Waals surface area contributed by atoms with Crippen LogP contribution in [0.1, 0.15) is 25.3 Å². The summed E-state index contributed by atoms with van der Waals surface area (Å²) in [6, 6.07) is 7.56. The molecule has 0 unspecified atom stereocenters. The van der Waals surface area contributed by atoms with E-state index >= 15 is 0 Å². The second-order valence-electron chi connectivity index (χ2n) is 5.34. The smallest absolute Gasteiger partial charge is 0.267 e. The summed E-state index contributed by atoms with van der Waals surface area (Å²) >= 11 is 0. The summed E-state index contributed by atoms with van der Waals surface area (Å²) in [5.41, 5.74) is 0.580. The van der Waals surface area contributed by atoms with Crippen LogP contribution in [0.25, 0.3) is 0 Å². The maximum atomic E-state index is 12.3. The third-order valence-corrected chi connectivity index (χ3v) is 3.57. The number of amides is 1. The highest BCUT2D eigenvalue weighted by Crippen LogP contribution is 2.30. The van der Waals surface area contributed by atoms with E-state index in [0.29, 0.717) is 25.3 Å². The third-order valence-electron chi connectivity index (χ3n) is 3.57. The van der Waals surface area contributed by atoms with Crippen LogP contribution in [0, 0.1) is 0 Å². The highest BCUT2D eigenvalue weighted by Gasteiger charge is 2.42. The highest BCUT2D eigenvalue weighted by atomic mass is 16.7. The zero-order valence-electron chi connectivity index (χ0n) is 13.2. The summed E-state index contributed by atoms with van der Waals surface area (Å²) in [5.74, 6) is 0.548. The number of carbonyl (C=O) groups is 1. The quantitative estimate of drug-likeness (QED) is 0.779. The number of methoxy groups -OCH3 is 2. The van der Waals surface area contributed by atoms with Gasteiger partial charge >= 0.3 is 0 Å². The van der Waals surface area contributed by atoms with Gasteiger partial charge in [-0.3, -0.25) is 4.79 Å². The van der Waals surface area contributed by atoms with Crippen LogP contribution in [-0.2, 0) is 14.4 Å². The van der Waals surface area contributed by atoms with Gasteiger partial charge in [0.25, 0.3) is 5.91 Å². The lowest BCUT2D eigenvalue weighted by atomic mass is 9.94. The van der Waals surface area contributed by atoms with Gasteiger partial charge in [-0.25, -0.2) is 0 Å². The van der Waals surface area contributed by atoms with Gasteiger partial charge in [0.15, 0.2) is 0 Å². The number of nitrogens with zero attached hydrogens (tertiary/aromatic N) is 1. The molecule has 0 aromatic heterocycles. The average molecular weight is 306 g/mol. The molecule has 1 atom stereocenters. The van der Waals surface area contributed by atoms with E-state index in [4.69, 9.17) is 14.3 Å². The second kappa shape index (κ2) is 7.26. The lowest BCUT2D eigenvalue weighted by molar-refractivity contribution is -0.141. The lowest BCUT2D eigenvalue weighted by Gasteiger charge is -2.20. The molecule has 0 fully saturated rings. The van der Waals surface area contributed by atoms with Crippen LogP contribution < -0.4 is 10.1 Å². The van der Waals surface area contributed by atoms with Gasteiger partial charge in [0, 0.05) is 32.2 Å². The molecule has 0 saturated carbocycles. The third kappa shape index (κ3) is 3.57. The van der Waals surface area contributed by atoms with Crippen molar-refractivity contribution in [3.63, 3.8) is 0 Å². The number of para-hydroxylation sites is 1. The van der Waals surface area contributed by atoms with Crippen molar-refractivity contribution >= 4 is 11.6 Å². The van der Waals surface area contributed by atoms with Crippen molar-refractivity contribution in [2.45, 2.75) is 25.4 Å².